The number of nitrogens with zero attached hydrogens (tertiary/aromatic N) is 3. The van der Waals surface area contributed by atoms with Gasteiger partial charge in [0.1, 0.15) is 5.75 Å². The third kappa shape index (κ3) is 5.32. The lowest BCUT2D eigenvalue weighted by Gasteiger charge is -2.33. The average molecular weight is 517 g/mol. The second-order valence-electron chi connectivity index (χ2n) is 8.34. The molecule has 186 valence electrons. The molecule has 9 nitrogen and oxygen atoms in total. The maximum atomic E-state index is 13.3. The van der Waals surface area contributed by atoms with Crippen LogP contribution in [0.15, 0.2) is 52.7 Å². The summed E-state index contributed by atoms with van der Waals surface area (Å²) in [7, 11) is -2.10. The summed E-state index contributed by atoms with van der Waals surface area (Å²) < 4.78 is 34.3. The van der Waals surface area contributed by atoms with Crippen LogP contribution in [0.2, 0.25) is 0 Å². The van der Waals surface area contributed by atoms with Crippen LogP contribution in [-0.4, -0.2) is 73.7 Å². The van der Waals surface area contributed by atoms with E-state index in [1.165, 1.54) is 23.5 Å². The normalized spacial score (nSPS) is 15.3. The standard InChI is InChI=1S/C24H28N4O5S2/c1-17-21(24(25)30)14-22(28(17)15-19-4-3-13-34-19)23(29)16-26-9-11-27(12-10-26)35(31,32)20-7-5-18(33-2)6-8-20/h3-8,13-14H,9-12,15-16H2,1-2H3,(H2,25,30). The summed E-state index contributed by atoms with van der Waals surface area (Å²) >= 11 is 1.57. The van der Waals surface area contributed by atoms with Crippen molar-refractivity contribution in [3.8, 4) is 5.75 Å². The van der Waals surface area contributed by atoms with Crippen molar-refractivity contribution >= 4 is 33.1 Å². The number of hydrogen-bond donors (Lipinski definition) is 1. The Bertz CT molecular complexity index is 1310. The van der Waals surface area contributed by atoms with E-state index >= 15 is 0 Å². The molecule has 1 aliphatic rings. The van der Waals surface area contributed by atoms with Gasteiger partial charge in [0.25, 0.3) is 5.91 Å². The zero-order valence-electron chi connectivity index (χ0n) is 19.6. The zero-order valence-corrected chi connectivity index (χ0v) is 21.3. The van der Waals surface area contributed by atoms with Gasteiger partial charge in [-0.25, -0.2) is 8.42 Å². The number of nitrogens with two attached hydrogens (primary N) is 1. The first-order valence-electron chi connectivity index (χ1n) is 11.1. The Kier molecular flexibility index (Phi) is 7.41. The van der Waals surface area contributed by atoms with Gasteiger partial charge in [-0.2, -0.15) is 4.31 Å². The molecule has 0 atom stereocenters. The van der Waals surface area contributed by atoms with Crippen LogP contribution < -0.4 is 10.5 Å². The Labute approximate surface area is 208 Å². The first kappa shape index (κ1) is 25.1. The molecule has 2 N–H and O–H groups in total. The number of Topliss-reactive ketones (excluding diaryl/α,β-unsaturated/α-hetero) is 1. The average Bonchev–Trinajstić information content (AvgIpc) is 3.48. The Balaban J connectivity index is 1.44. The van der Waals surface area contributed by atoms with Gasteiger partial charge in [0.05, 0.1) is 36.4 Å². The molecule has 11 heteroatoms. The topological polar surface area (TPSA) is 115 Å². The highest BCUT2D eigenvalue weighted by atomic mass is 32.2. The highest BCUT2D eigenvalue weighted by molar-refractivity contribution is 7.89. The van der Waals surface area contributed by atoms with E-state index in [4.69, 9.17) is 10.5 Å². The highest BCUT2D eigenvalue weighted by Gasteiger charge is 2.30. The summed E-state index contributed by atoms with van der Waals surface area (Å²) in [4.78, 5) is 28.4. The van der Waals surface area contributed by atoms with E-state index in [9.17, 15) is 18.0 Å². The van der Waals surface area contributed by atoms with Crippen LogP contribution in [0.1, 0.15) is 31.4 Å². The van der Waals surface area contributed by atoms with Crippen molar-refractivity contribution in [3.63, 3.8) is 0 Å². The molecule has 3 aromatic rings. The molecule has 35 heavy (non-hydrogen) atoms. The number of rotatable bonds is 9. The van der Waals surface area contributed by atoms with Gasteiger partial charge >= 0.3 is 0 Å². The van der Waals surface area contributed by atoms with Gasteiger partial charge in [-0.15, -0.1) is 11.3 Å². The molecule has 1 aliphatic heterocycles. The van der Waals surface area contributed by atoms with Crippen LogP contribution >= 0.6 is 11.3 Å². The van der Waals surface area contributed by atoms with Crippen LogP contribution in [0, 0.1) is 6.92 Å². The largest absolute Gasteiger partial charge is 0.497 e. The lowest BCUT2D eigenvalue weighted by molar-refractivity contribution is 0.0892. The summed E-state index contributed by atoms with van der Waals surface area (Å²) in [6.07, 6.45) is 0. The quantitative estimate of drug-likeness (QED) is 0.436. The van der Waals surface area contributed by atoms with Gasteiger partial charge in [0.2, 0.25) is 10.0 Å². The number of carbonyl (C=O) groups excluding carboxylic acids is 2. The number of aromatic nitrogens is 1. The fourth-order valence-corrected chi connectivity index (χ4v) is 6.31. The van der Waals surface area contributed by atoms with Gasteiger partial charge in [-0.1, -0.05) is 6.07 Å². The van der Waals surface area contributed by atoms with Crippen LogP contribution in [0.5, 0.6) is 5.75 Å². The summed E-state index contributed by atoms with van der Waals surface area (Å²) in [6, 6.07) is 11.8. The lowest BCUT2D eigenvalue weighted by atomic mass is 10.2. The van der Waals surface area contributed by atoms with Gasteiger partial charge in [0, 0.05) is 36.8 Å². The third-order valence-corrected chi connectivity index (χ3v) is 8.98. The number of ketones is 1. The SMILES string of the molecule is COc1ccc(S(=O)(=O)N2CCN(CC(=O)c3cc(C(N)=O)c(C)n3Cc3cccs3)CC2)cc1. The van der Waals surface area contributed by atoms with Crippen molar-refractivity contribution in [3.05, 3.63) is 69.7 Å². The Morgan fingerprint density at radius 1 is 1.09 bits per heavy atom. The summed E-state index contributed by atoms with van der Waals surface area (Å²) in [5.74, 6) is -0.117. The fourth-order valence-electron chi connectivity index (χ4n) is 4.20. The van der Waals surface area contributed by atoms with Gasteiger partial charge < -0.3 is 15.0 Å². The fraction of sp³-hybridized carbons (Fsp3) is 0.333. The van der Waals surface area contributed by atoms with Gasteiger partial charge in [0.15, 0.2) is 5.78 Å². The van der Waals surface area contributed by atoms with Crippen molar-refractivity contribution in [1.29, 1.82) is 0 Å². The molecular weight excluding hydrogens is 488 g/mol. The molecule has 0 unspecified atom stereocenters. The van der Waals surface area contributed by atoms with E-state index in [-0.39, 0.29) is 30.3 Å². The number of thiophene rings is 1. The Hall–Kier alpha value is -2.99. The molecule has 3 heterocycles. The molecule has 4 rings (SSSR count). The monoisotopic (exact) mass is 516 g/mol. The first-order valence-corrected chi connectivity index (χ1v) is 13.4. The number of sulfonamides is 1. The maximum absolute atomic E-state index is 13.3. The van der Waals surface area contributed by atoms with E-state index in [0.717, 1.165) is 4.88 Å². The molecule has 0 spiro atoms. The number of methoxy groups -OCH3 is 1. The maximum Gasteiger partial charge on any atom is 0.250 e. The first-order chi connectivity index (χ1) is 16.7. The number of primary amides is 1. The number of ether oxygens (including phenoxy) is 1. The number of amides is 1. The highest BCUT2D eigenvalue weighted by Crippen LogP contribution is 2.23. The number of hydrogen-bond acceptors (Lipinski definition) is 7. The van der Waals surface area contributed by atoms with E-state index in [2.05, 4.69) is 0 Å². The molecule has 2 aromatic heterocycles. The molecule has 0 radical (unpaired) electrons. The van der Waals surface area contributed by atoms with E-state index in [1.807, 2.05) is 27.0 Å². The van der Waals surface area contributed by atoms with Crippen molar-refractivity contribution < 1.29 is 22.7 Å². The van der Waals surface area contributed by atoms with Crippen molar-refractivity contribution in [2.24, 2.45) is 5.73 Å². The van der Waals surface area contributed by atoms with E-state index < -0.39 is 15.9 Å². The third-order valence-electron chi connectivity index (χ3n) is 6.21. The second-order valence-corrected chi connectivity index (χ2v) is 11.3. The molecule has 1 amide bonds. The molecule has 1 saturated heterocycles. The predicted molar refractivity (Wildman–Crippen MR) is 134 cm³/mol. The summed E-state index contributed by atoms with van der Waals surface area (Å²) in [6.45, 7) is 3.80. The lowest BCUT2D eigenvalue weighted by Crippen LogP contribution is -2.49. The number of benzene rings is 1. The summed E-state index contributed by atoms with van der Waals surface area (Å²) in [5, 5.41) is 1.96. The molecule has 0 saturated carbocycles. The molecule has 0 aliphatic carbocycles. The van der Waals surface area contributed by atoms with Gasteiger partial charge in [-0.3, -0.25) is 14.5 Å². The number of piperazine rings is 1. The van der Waals surface area contributed by atoms with Crippen molar-refractivity contribution in [2.45, 2.75) is 18.4 Å². The van der Waals surface area contributed by atoms with Crippen LogP contribution in [0.3, 0.4) is 0 Å². The number of carbonyl (C=O) groups is 2. The molecule has 1 aromatic carbocycles. The van der Waals surface area contributed by atoms with E-state index in [1.54, 1.807) is 36.5 Å². The smallest absolute Gasteiger partial charge is 0.250 e. The van der Waals surface area contributed by atoms with Gasteiger partial charge in [-0.05, 0) is 48.7 Å². The van der Waals surface area contributed by atoms with Crippen LogP contribution in [0.4, 0.5) is 0 Å². The minimum absolute atomic E-state index is 0.127. The minimum Gasteiger partial charge on any atom is -0.497 e. The van der Waals surface area contributed by atoms with E-state index in [0.29, 0.717) is 42.3 Å². The van der Waals surface area contributed by atoms with Crippen molar-refractivity contribution in [2.75, 3.05) is 39.8 Å². The second kappa shape index (κ2) is 10.3. The van der Waals surface area contributed by atoms with Crippen molar-refractivity contribution in [1.82, 2.24) is 13.8 Å². The Morgan fingerprint density at radius 3 is 2.34 bits per heavy atom. The molecule has 1 fully saturated rings. The minimum atomic E-state index is -3.63. The Morgan fingerprint density at radius 2 is 1.77 bits per heavy atom. The van der Waals surface area contributed by atoms with Crippen LogP contribution in [0.25, 0.3) is 0 Å². The summed E-state index contributed by atoms with van der Waals surface area (Å²) in [5.41, 5.74) is 6.95. The predicted octanol–water partition coefficient (Wildman–Crippen LogP) is 2.20. The van der Waals surface area contributed by atoms with Crippen LogP contribution in [-0.2, 0) is 16.6 Å². The molecular formula is C24H28N4O5S2. The molecule has 0 bridgehead atoms. The zero-order chi connectivity index (χ0) is 25.2.